The van der Waals surface area contributed by atoms with Gasteiger partial charge in [0.05, 0.1) is 17.0 Å². The first-order valence-electron chi connectivity index (χ1n) is 9.43. The number of aromatic nitrogens is 1. The highest BCUT2D eigenvalue weighted by Crippen LogP contribution is 2.17. The Morgan fingerprint density at radius 1 is 0.793 bits per heavy atom. The Morgan fingerprint density at radius 2 is 1.52 bits per heavy atom. The van der Waals surface area contributed by atoms with Crippen molar-refractivity contribution in [2.45, 2.75) is 6.54 Å². The molecule has 0 N–H and O–H groups in total. The molecule has 0 saturated heterocycles. The number of fused-ring (bicyclic) bond motifs is 2. The zero-order chi connectivity index (χ0) is 19.6. The van der Waals surface area contributed by atoms with E-state index in [9.17, 15) is 4.79 Å². The first-order valence-corrected chi connectivity index (χ1v) is 9.43. The summed E-state index contributed by atoms with van der Waals surface area (Å²) in [6, 6.07) is 25.4. The number of para-hydroxylation sites is 3. The molecule has 0 bridgehead atoms. The number of nitrogens with zero attached hydrogens (tertiary/aromatic N) is 1. The minimum atomic E-state index is -0.0613. The molecule has 29 heavy (non-hydrogen) atoms. The average molecular weight is 380 g/mol. The minimum Gasteiger partial charge on any atom is -0.463 e. The van der Waals surface area contributed by atoms with Crippen molar-refractivity contribution < 1.29 is 13.4 Å². The van der Waals surface area contributed by atoms with Crippen LogP contribution >= 0.6 is 0 Å². The quantitative estimate of drug-likeness (QED) is 0.410. The Morgan fingerprint density at radius 3 is 2.38 bits per heavy atom. The number of rotatable bonds is 4. The van der Waals surface area contributed by atoms with Gasteiger partial charge in [-0.3, -0.25) is 4.79 Å². The standard InChI is InChI=1S/C25H18NO3/c27-25-19(17-28-22-12-6-4-10-20(22)25)14-15-24-26(16-18-8-2-1-3-9-18)21-11-5-7-13-23(21)29-24/h1-15,17H,16H2/q+1/b15-14+. The summed E-state index contributed by atoms with van der Waals surface area (Å²) in [5, 5.41) is 0.566. The van der Waals surface area contributed by atoms with Crippen LogP contribution < -0.4 is 10.00 Å². The molecule has 4 heteroatoms. The summed E-state index contributed by atoms with van der Waals surface area (Å²) in [7, 11) is 0. The van der Waals surface area contributed by atoms with Crippen LogP contribution in [0, 0.1) is 0 Å². The van der Waals surface area contributed by atoms with E-state index >= 15 is 0 Å². The van der Waals surface area contributed by atoms with Gasteiger partial charge in [-0.2, -0.15) is 4.57 Å². The molecule has 5 rings (SSSR count). The molecular formula is C25H18NO3+. The van der Waals surface area contributed by atoms with Gasteiger partial charge < -0.3 is 8.83 Å². The Bertz CT molecular complexity index is 1390. The Kier molecular flexibility index (Phi) is 4.30. The van der Waals surface area contributed by atoms with Gasteiger partial charge in [-0.05, 0) is 24.3 Å². The van der Waals surface area contributed by atoms with Gasteiger partial charge in [0, 0.05) is 11.6 Å². The van der Waals surface area contributed by atoms with Crippen LogP contribution in [0.25, 0.3) is 34.2 Å². The van der Waals surface area contributed by atoms with E-state index in [-0.39, 0.29) is 5.43 Å². The summed E-state index contributed by atoms with van der Waals surface area (Å²) in [6.45, 7) is 0.670. The summed E-state index contributed by atoms with van der Waals surface area (Å²) < 4.78 is 13.8. The molecule has 2 aromatic heterocycles. The number of hydrogen-bond donors (Lipinski definition) is 0. The molecule has 2 heterocycles. The summed E-state index contributed by atoms with van der Waals surface area (Å²) >= 11 is 0. The molecule has 0 atom stereocenters. The van der Waals surface area contributed by atoms with Crippen LogP contribution in [0.5, 0.6) is 0 Å². The summed E-state index contributed by atoms with van der Waals surface area (Å²) in [5.41, 5.74) is 3.97. The highest BCUT2D eigenvalue weighted by Gasteiger charge is 2.20. The van der Waals surface area contributed by atoms with E-state index in [0.717, 1.165) is 11.1 Å². The molecule has 3 aromatic carbocycles. The fourth-order valence-electron chi connectivity index (χ4n) is 3.48. The zero-order valence-electron chi connectivity index (χ0n) is 15.6. The Balaban J connectivity index is 1.59. The van der Waals surface area contributed by atoms with Crippen molar-refractivity contribution in [2.75, 3.05) is 0 Å². The van der Waals surface area contributed by atoms with Gasteiger partial charge in [-0.1, -0.05) is 54.6 Å². The lowest BCUT2D eigenvalue weighted by molar-refractivity contribution is -0.669. The number of oxazole rings is 1. The lowest BCUT2D eigenvalue weighted by Gasteiger charge is -1.98. The largest absolute Gasteiger partial charge is 0.463 e. The van der Waals surface area contributed by atoms with Gasteiger partial charge in [-0.25, -0.2) is 0 Å². The lowest BCUT2D eigenvalue weighted by atomic mass is 10.1. The summed E-state index contributed by atoms with van der Waals surface area (Å²) in [4.78, 5) is 12.7. The monoisotopic (exact) mass is 380 g/mol. The van der Waals surface area contributed by atoms with Crippen molar-refractivity contribution >= 4 is 34.2 Å². The lowest BCUT2D eigenvalue weighted by Crippen LogP contribution is -2.35. The summed E-state index contributed by atoms with van der Waals surface area (Å²) in [5.74, 6) is 0.669. The predicted molar refractivity (Wildman–Crippen MR) is 113 cm³/mol. The fourth-order valence-corrected chi connectivity index (χ4v) is 3.48. The average Bonchev–Trinajstić information content (AvgIpc) is 3.12. The minimum absolute atomic E-state index is 0.0613. The van der Waals surface area contributed by atoms with Crippen molar-refractivity contribution in [3.8, 4) is 0 Å². The van der Waals surface area contributed by atoms with E-state index < -0.39 is 0 Å². The normalized spacial score (nSPS) is 11.6. The first kappa shape index (κ1) is 17.2. The molecule has 0 aliphatic heterocycles. The van der Waals surface area contributed by atoms with Crippen LogP contribution in [-0.4, -0.2) is 0 Å². The number of benzene rings is 3. The van der Waals surface area contributed by atoms with Crippen molar-refractivity contribution in [1.82, 2.24) is 0 Å². The van der Waals surface area contributed by atoms with Gasteiger partial charge in [-0.15, -0.1) is 0 Å². The molecule has 0 fully saturated rings. The molecule has 0 spiro atoms. The van der Waals surface area contributed by atoms with Gasteiger partial charge in [0.1, 0.15) is 11.8 Å². The van der Waals surface area contributed by atoms with E-state index in [4.69, 9.17) is 8.83 Å². The molecule has 0 aliphatic carbocycles. The third-order valence-corrected chi connectivity index (χ3v) is 4.93. The third kappa shape index (κ3) is 3.25. The van der Waals surface area contributed by atoms with Gasteiger partial charge in [0.2, 0.25) is 5.58 Å². The van der Waals surface area contributed by atoms with Crippen LogP contribution in [0.4, 0.5) is 0 Å². The second kappa shape index (κ2) is 7.24. The zero-order valence-corrected chi connectivity index (χ0v) is 15.6. The summed E-state index contributed by atoms with van der Waals surface area (Å²) in [6.07, 6.45) is 5.06. The highest BCUT2D eigenvalue weighted by molar-refractivity contribution is 5.80. The highest BCUT2D eigenvalue weighted by atomic mass is 16.4. The molecular weight excluding hydrogens is 362 g/mol. The molecule has 140 valence electrons. The van der Waals surface area contributed by atoms with E-state index in [1.807, 2.05) is 60.7 Å². The maximum Gasteiger partial charge on any atom is 0.374 e. The van der Waals surface area contributed by atoms with Crippen molar-refractivity contribution in [3.63, 3.8) is 0 Å². The second-order valence-electron chi connectivity index (χ2n) is 6.83. The van der Waals surface area contributed by atoms with E-state index in [1.54, 1.807) is 18.2 Å². The van der Waals surface area contributed by atoms with Crippen LogP contribution in [0.1, 0.15) is 17.0 Å². The Hall–Kier alpha value is -3.92. The van der Waals surface area contributed by atoms with Crippen LogP contribution in [0.3, 0.4) is 0 Å². The SMILES string of the molecule is O=c1c(/C=C/c2oc3ccccc3[n+]2Cc2ccccc2)coc2ccccc12. The maximum atomic E-state index is 12.7. The fraction of sp³-hybridized carbons (Fsp3) is 0.0400. The molecule has 0 aliphatic rings. The van der Waals surface area contributed by atoms with E-state index in [2.05, 4.69) is 16.7 Å². The second-order valence-corrected chi connectivity index (χ2v) is 6.83. The van der Waals surface area contributed by atoms with Gasteiger partial charge >= 0.3 is 5.89 Å². The molecule has 0 unspecified atom stereocenters. The van der Waals surface area contributed by atoms with Crippen molar-refractivity contribution in [1.29, 1.82) is 0 Å². The van der Waals surface area contributed by atoms with Gasteiger partial charge in [0.25, 0.3) is 5.52 Å². The maximum absolute atomic E-state index is 12.7. The van der Waals surface area contributed by atoms with Crippen LogP contribution in [-0.2, 0) is 6.54 Å². The van der Waals surface area contributed by atoms with Crippen molar-refractivity contribution in [2.24, 2.45) is 0 Å². The number of hydrogen-bond acceptors (Lipinski definition) is 3. The topological polar surface area (TPSA) is 47.2 Å². The predicted octanol–water partition coefficient (Wildman–Crippen LogP) is 5.05. The van der Waals surface area contributed by atoms with Gasteiger partial charge in [0.15, 0.2) is 12.0 Å². The molecule has 0 radical (unpaired) electrons. The molecule has 0 saturated carbocycles. The van der Waals surface area contributed by atoms with Crippen LogP contribution in [0.2, 0.25) is 0 Å². The molecule has 5 aromatic rings. The first-order chi connectivity index (χ1) is 14.3. The van der Waals surface area contributed by atoms with Crippen molar-refractivity contribution in [3.05, 3.63) is 112 Å². The Labute approximate surface area is 167 Å². The molecule has 0 amide bonds. The molecule has 4 nitrogen and oxygen atoms in total. The smallest absolute Gasteiger partial charge is 0.374 e. The van der Waals surface area contributed by atoms with Crippen LogP contribution in [0.15, 0.2) is 98.8 Å². The van der Waals surface area contributed by atoms with E-state index in [1.165, 1.54) is 11.8 Å². The third-order valence-electron chi connectivity index (χ3n) is 4.93. The van der Waals surface area contributed by atoms with E-state index in [0.29, 0.717) is 29.0 Å².